The second kappa shape index (κ2) is 13.8. The number of amides is 2. The van der Waals surface area contributed by atoms with Gasteiger partial charge in [0, 0.05) is 17.6 Å². The maximum atomic E-state index is 14.1. The third kappa shape index (κ3) is 7.86. The number of rotatable bonds is 12. The van der Waals surface area contributed by atoms with Gasteiger partial charge in [-0.3, -0.25) is 13.9 Å². The maximum absolute atomic E-state index is 14.1. The van der Waals surface area contributed by atoms with Crippen LogP contribution in [0.25, 0.3) is 0 Å². The summed E-state index contributed by atoms with van der Waals surface area (Å²) in [5, 5.41) is 3.43. The number of aryl methyl sites for hydroxylation is 2. The maximum Gasteiger partial charge on any atom is 0.264 e. The lowest BCUT2D eigenvalue weighted by atomic mass is 10.1. The van der Waals surface area contributed by atoms with Gasteiger partial charge in [0.25, 0.3) is 10.0 Å². The zero-order valence-electron chi connectivity index (χ0n) is 23.7. The summed E-state index contributed by atoms with van der Waals surface area (Å²) in [6, 6.07) is 19.6. The number of benzene rings is 3. The first-order chi connectivity index (χ1) is 19.0. The molecule has 1 N–H and O–H groups in total. The van der Waals surface area contributed by atoms with E-state index in [0.717, 1.165) is 27.4 Å². The number of halogens is 1. The number of hydrogen-bond acceptors (Lipinski definition) is 4. The first kappa shape index (κ1) is 31.2. The highest BCUT2D eigenvalue weighted by Gasteiger charge is 2.34. The minimum absolute atomic E-state index is 0.0625. The van der Waals surface area contributed by atoms with Crippen molar-refractivity contribution in [2.75, 3.05) is 10.8 Å². The van der Waals surface area contributed by atoms with E-state index in [2.05, 4.69) is 5.32 Å². The van der Waals surface area contributed by atoms with Crippen molar-refractivity contribution in [1.29, 1.82) is 0 Å². The molecule has 0 saturated heterocycles. The summed E-state index contributed by atoms with van der Waals surface area (Å²) in [6.45, 7) is 9.24. The number of carbonyl (C=O) groups excluding carboxylic acids is 2. The molecule has 3 aromatic rings. The van der Waals surface area contributed by atoms with E-state index < -0.39 is 28.5 Å². The normalized spacial score (nSPS) is 12.8. The van der Waals surface area contributed by atoms with E-state index in [1.165, 1.54) is 17.0 Å². The summed E-state index contributed by atoms with van der Waals surface area (Å²) < 4.78 is 28.8. The van der Waals surface area contributed by atoms with Crippen LogP contribution in [0.15, 0.2) is 77.7 Å². The smallest absolute Gasteiger partial charge is 0.264 e. The molecule has 0 aliphatic heterocycles. The minimum atomic E-state index is -4.12. The van der Waals surface area contributed by atoms with Crippen molar-refractivity contribution in [3.05, 3.63) is 94.5 Å². The van der Waals surface area contributed by atoms with Crippen LogP contribution >= 0.6 is 11.6 Å². The Bertz CT molecular complexity index is 1390. The van der Waals surface area contributed by atoms with Gasteiger partial charge in [-0.25, -0.2) is 8.42 Å². The first-order valence-electron chi connectivity index (χ1n) is 13.5. The Labute approximate surface area is 243 Å². The molecule has 0 spiro atoms. The van der Waals surface area contributed by atoms with E-state index in [1.807, 2.05) is 58.9 Å². The van der Waals surface area contributed by atoms with E-state index in [9.17, 15) is 18.0 Å². The highest BCUT2D eigenvalue weighted by molar-refractivity contribution is 7.92. The highest BCUT2D eigenvalue weighted by atomic mass is 35.5. The molecular weight excluding hydrogens is 546 g/mol. The van der Waals surface area contributed by atoms with Crippen LogP contribution in [0.5, 0.6) is 0 Å². The third-order valence-corrected chi connectivity index (χ3v) is 8.90. The molecule has 0 fully saturated rings. The number of anilines is 1. The first-order valence-corrected chi connectivity index (χ1v) is 15.3. The number of hydrogen-bond donors (Lipinski definition) is 1. The van der Waals surface area contributed by atoms with Gasteiger partial charge in [0.15, 0.2) is 0 Å². The highest BCUT2D eigenvalue weighted by Crippen LogP contribution is 2.26. The second-order valence-corrected chi connectivity index (χ2v) is 12.3. The molecular formula is C31H38ClN3O4S. The third-order valence-electron chi connectivity index (χ3n) is 6.86. The van der Waals surface area contributed by atoms with Crippen molar-refractivity contribution in [2.45, 2.75) is 71.0 Å². The topological polar surface area (TPSA) is 86.8 Å². The fourth-order valence-electron chi connectivity index (χ4n) is 4.22. The summed E-state index contributed by atoms with van der Waals surface area (Å²) in [7, 11) is -4.12. The van der Waals surface area contributed by atoms with Crippen molar-refractivity contribution in [3.8, 4) is 0 Å². The molecule has 7 nitrogen and oxygen atoms in total. The lowest BCUT2D eigenvalue weighted by molar-refractivity contribution is -0.140. The van der Waals surface area contributed by atoms with E-state index in [0.29, 0.717) is 17.1 Å². The number of nitrogens with zero attached hydrogens (tertiary/aromatic N) is 2. The Morgan fingerprint density at radius 3 is 1.93 bits per heavy atom. The molecule has 0 unspecified atom stereocenters. The van der Waals surface area contributed by atoms with Crippen LogP contribution in [-0.4, -0.2) is 43.8 Å². The molecule has 2 atom stereocenters. The summed E-state index contributed by atoms with van der Waals surface area (Å²) in [6.07, 6.45) is 1.11. The van der Waals surface area contributed by atoms with Gasteiger partial charge in [0.2, 0.25) is 11.8 Å². The Morgan fingerprint density at radius 1 is 0.850 bits per heavy atom. The van der Waals surface area contributed by atoms with E-state index in [-0.39, 0.29) is 23.4 Å². The van der Waals surface area contributed by atoms with E-state index >= 15 is 0 Å². The van der Waals surface area contributed by atoms with Crippen LogP contribution in [0.1, 0.15) is 50.3 Å². The predicted molar refractivity (Wildman–Crippen MR) is 161 cm³/mol. The van der Waals surface area contributed by atoms with Crippen LogP contribution in [0.2, 0.25) is 5.02 Å². The number of nitrogens with one attached hydrogen (secondary N) is 1. The lowest BCUT2D eigenvalue weighted by Crippen LogP contribution is -2.53. The summed E-state index contributed by atoms with van der Waals surface area (Å²) >= 11 is 6.08. The fraction of sp³-hybridized carbons (Fsp3) is 0.355. The molecule has 3 rings (SSSR count). The molecule has 3 aromatic carbocycles. The SMILES string of the molecule is CC[C@@H](C)NC(=O)[C@@H](CC)N(Cc1ccc(C)cc1)C(=O)CN(c1ccc(Cl)cc1)S(=O)(=O)c1ccc(C)cc1. The summed E-state index contributed by atoms with van der Waals surface area (Å²) in [5.41, 5.74) is 3.12. The Hall–Kier alpha value is -3.36. The Kier molecular flexibility index (Phi) is 10.8. The number of sulfonamides is 1. The van der Waals surface area contributed by atoms with Crippen molar-refractivity contribution in [1.82, 2.24) is 10.2 Å². The standard InChI is InChI=1S/C31H38ClN3O4S/c1-6-24(5)33-31(37)29(7-2)34(20-25-12-8-22(3)9-13-25)30(36)21-35(27-16-14-26(32)15-17-27)40(38,39)28-18-10-23(4)11-19-28/h8-19,24,29H,6-7,20-21H2,1-5H3,(H,33,37)/t24-,29-/m1/s1. The molecule has 2 amide bonds. The van der Waals surface area contributed by atoms with Gasteiger partial charge in [-0.1, -0.05) is 73.0 Å². The zero-order valence-corrected chi connectivity index (χ0v) is 25.3. The lowest BCUT2D eigenvalue weighted by Gasteiger charge is -2.33. The Balaban J connectivity index is 2.04. The molecule has 40 heavy (non-hydrogen) atoms. The van der Waals surface area contributed by atoms with Crippen LogP contribution in [0, 0.1) is 13.8 Å². The van der Waals surface area contributed by atoms with Crippen LogP contribution < -0.4 is 9.62 Å². The van der Waals surface area contributed by atoms with Gasteiger partial charge in [0.05, 0.1) is 10.6 Å². The summed E-state index contributed by atoms with van der Waals surface area (Å²) in [4.78, 5) is 28.9. The van der Waals surface area contributed by atoms with Crippen molar-refractivity contribution in [2.24, 2.45) is 0 Å². The van der Waals surface area contributed by atoms with Crippen LogP contribution in [-0.2, 0) is 26.2 Å². The van der Waals surface area contributed by atoms with E-state index in [4.69, 9.17) is 11.6 Å². The van der Waals surface area contributed by atoms with E-state index in [1.54, 1.807) is 36.4 Å². The van der Waals surface area contributed by atoms with Crippen LogP contribution in [0.3, 0.4) is 0 Å². The van der Waals surface area contributed by atoms with Gasteiger partial charge in [-0.2, -0.15) is 0 Å². The molecule has 0 heterocycles. The van der Waals surface area contributed by atoms with Gasteiger partial charge in [-0.15, -0.1) is 0 Å². The molecule has 0 aromatic heterocycles. The number of carbonyl (C=O) groups is 2. The van der Waals surface area contributed by atoms with Crippen molar-refractivity contribution < 1.29 is 18.0 Å². The molecule has 0 bridgehead atoms. The van der Waals surface area contributed by atoms with Crippen LogP contribution in [0.4, 0.5) is 5.69 Å². The monoisotopic (exact) mass is 583 g/mol. The Morgan fingerprint density at radius 2 is 1.40 bits per heavy atom. The molecule has 9 heteroatoms. The fourth-order valence-corrected chi connectivity index (χ4v) is 5.76. The average molecular weight is 584 g/mol. The van der Waals surface area contributed by atoms with Crippen molar-refractivity contribution in [3.63, 3.8) is 0 Å². The largest absolute Gasteiger partial charge is 0.352 e. The molecule has 0 aliphatic rings. The predicted octanol–water partition coefficient (Wildman–Crippen LogP) is 5.87. The second-order valence-electron chi connectivity index (χ2n) is 10.1. The summed E-state index contributed by atoms with van der Waals surface area (Å²) in [5.74, 6) is -0.755. The molecule has 0 saturated carbocycles. The average Bonchev–Trinajstić information content (AvgIpc) is 2.93. The molecule has 0 radical (unpaired) electrons. The molecule has 214 valence electrons. The quantitative estimate of drug-likeness (QED) is 0.289. The van der Waals surface area contributed by atoms with Gasteiger partial charge >= 0.3 is 0 Å². The minimum Gasteiger partial charge on any atom is -0.352 e. The van der Waals surface area contributed by atoms with Gasteiger partial charge in [-0.05, 0) is 75.6 Å². The molecule has 0 aliphatic carbocycles. The van der Waals surface area contributed by atoms with Crippen molar-refractivity contribution >= 4 is 39.1 Å². The van der Waals surface area contributed by atoms with Gasteiger partial charge < -0.3 is 10.2 Å². The van der Waals surface area contributed by atoms with Gasteiger partial charge in [0.1, 0.15) is 12.6 Å². The zero-order chi connectivity index (χ0) is 29.4.